The predicted octanol–water partition coefficient (Wildman–Crippen LogP) is 0.964. The molecule has 1 aliphatic heterocycles. The summed E-state index contributed by atoms with van der Waals surface area (Å²) in [6, 6.07) is 4.62. The molecule has 1 aromatic rings. The second-order valence-electron chi connectivity index (χ2n) is 4.67. The van der Waals surface area contributed by atoms with E-state index < -0.39 is 4.92 Å². The van der Waals surface area contributed by atoms with E-state index in [2.05, 4.69) is 10.2 Å². The molecule has 8 heteroatoms. The van der Waals surface area contributed by atoms with Crippen LogP contribution in [0.4, 0.5) is 5.69 Å². The van der Waals surface area contributed by atoms with Crippen LogP contribution >= 0.6 is 12.4 Å². The van der Waals surface area contributed by atoms with E-state index in [4.69, 9.17) is 4.74 Å². The molecule has 118 valence electrons. The Morgan fingerprint density at radius 3 is 2.67 bits per heavy atom. The van der Waals surface area contributed by atoms with Gasteiger partial charge in [-0.25, -0.2) is 0 Å². The van der Waals surface area contributed by atoms with E-state index in [1.165, 1.54) is 13.2 Å². The molecule has 0 spiro atoms. The van der Waals surface area contributed by atoms with Crippen LogP contribution < -0.4 is 10.1 Å². The SMILES string of the molecule is COc1ccc([C@@H](CO)N2CCNCC2)cc1[N+](=O)[O-].Cl. The molecule has 1 heterocycles. The first-order chi connectivity index (χ1) is 9.67. The largest absolute Gasteiger partial charge is 0.490 e. The number of benzene rings is 1. The van der Waals surface area contributed by atoms with E-state index in [1.807, 2.05) is 0 Å². The number of piperazine rings is 1. The molecule has 1 atom stereocenters. The summed E-state index contributed by atoms with van der Waals surface area (Å²) in [4.78, 5) is 12.7. The van der Waals surface area contributed by atoms with E-state index in [1.54, 1.807) is 12.1 Å². The molecule has 0 aliphatic carbocycles. The van der Waals surface area contributed by atoms with Gasteiger partial charge < -0.3 is 15.2 Å². The maximum atomic E-state index is 11.1. The summed E-state index contributed by atoms with van der Waals surface area (Å²) in [5, 5.41) is 23.9. The smallest absolute Gasteiger partial charge is 0.311 e. The van der Waals surface area contributed by atoms with Crippen LogP contribution in [-0.2, 0) is 0 Å². The van der Waals surface area contributed by atoms with Crippen LogP contribution in [0.15, 0.2) is 18.2 Å². The summed E-state index contributed by atoms with van der Waals surface area (Å²) in [7, 11) is 1.40. The summed E-state index contributed by atoms with van der Waals surface area (Å²) in [6.45, 7) is 3.27. The number of nitro benzene ring substituents is 1. The maximum Gasteiger partial charge on any atom is 0.311 e. The fourth-order valence-electron chi connectivity index (χ4n) is 2.48. The molecular formula is C13H20ClN3O4. The predicted molar refractivity (Wildman–Crippen MR) is 81.2 cm³/mol. The normalized spacial score (nSPS) is 16.9. The number of aliphatic hydroxyl groups excluding tert-OH is 1. The zero-order valence-electron chi connectivity index (χ0n) is 11.8. The Labute approximate surface area is 129 Å². The molecule has 1 saturated heterocycles. The lowest BCUT2D eigenvalue weighted by Crippen LogP contribution is -2.46. The van der Waals surface area contributed by atoms with Crippen molar-refractivity contribution in [3.05, 3.63) is 33.9 Å². The van der Waals surface area contributed by atoms with Gasteiger partial charge in [0.15, 0.2) is 5.75 Å². The molecule has 0 aromatic heterocycles. The molecule has 1 fully saturated rings. The van der Waals surface area contributed by atoms with Crippen LogP contribution in [0.2, 0.25) is 0 Å². The Hall–Kier alpha value is -1.41. The van der Waals surface area contributed by atoms with Crippen molar-refractivity contribution in [3.8, 4) is 5.75 Å². The third-order valence-electron chi connectivity index (χ3n) is 3.55. The lowest BCUT2D eigenvalue weighted by Gasteiger charge is -2.34. The molecule has 2 N–H and O–H groups in total. The van der Waals surface area contributed by atoms with Crippen LogP contribution in [-0.4, -0.2) is 54.8 Å². The van der Waals surface area contributed by atoms with Crippen molar-refractivity contribution in [2.45, 2.75) is 6.04 Å². The molecule has 1 aliphatic rings. The third-order valence-corrected chi connectivity index (χ3v) is 3.55. The highest BCUT2D eigenvalue weighted by Gasteiger charge is 2.24. The van der Waals surface area contributed by atoms with E-state index in [9.17, 15) is 15.2 Å². The number of hydrogen-bond acceptors (Lipinski definition) is 6. The van der Waals surface area contributed by atoms with Gasteiger partial charge in [-0.15, -0.1) is 12.4 Å². The van der Waals surface area contributed by atoms with Gasteiger partial charge in [-0.05, 0) is 11.6 Å². The van der Waals surface area contributed by atoms with E-state index >= 15 is 0 Å². The van der Waals surface area contributed by atoms with E-state index in [-0.39, 0.29) is 36.5 Å². The van der Waals surface area contributed by atoms with Crippen molar-refractivity contribution in [1.82, 2.24) is 10.2 Å². The van der Waals surface area contributed by atoms with E-state index in [0.29, 0.717) is 0 Å². The lowest BCUT2D eigenvalue weighted by molar-refractivity contribution is -0.385. The lowest BCUT2D eigenvalue weighted by atomic mass is 10.0. The Balaban J connectivity index is 0.00000220. The maximum absolute atomic E-state index is 11.1. The number of hydrogen-bond donors (Lipinski definition) is 2. The Morgan fingerprint density at radius 2 is 2.14 bits per heavy atom. The average molecular weight is 318 g/mol. The number of halogens is 1. The first-order valence-electron chi connectivity index (χ1n) is 6.55. The summed E-state index contributed by atoms with van der Waals surface area (Å²) < 4.78 is 4.99. The summed E-state index contributed by atoms with van der Waals surface area (Å²) in [5.41, 5.74) is 0.667. The zero-order valence-corrected chi connectivity index (χ0v) is 12.6. The Bertz CT molecular complexity index is 480. The minimum Gasteiger partial charge on any atom is -0.490 e. The van der Waals surface area contributed by atoms with Crippen molar-refractivity contribution in [2.24, 2.45) is 0 Å². The van der Waals surface area contributed by atoms with Crippen molar-refractivity contribution < 1.29 is 14.8 Å². The quantitative estimate of drug-likeness (QED) is 0.621. The third kappa shape index (κ3) is 4.04. The number of ether oxygens (including phenoxy) is 1. The van der Waals surface area contributed by atoms with Crippen LogP contribution in [0.1, 0.15) is 11.6 Å². The minimum absolute atomic E-state index is 0. The van der Waals surface area contributed by atoms with Crippen molar-refractivity contribution >= 4 is 18.1 Å². The fraction of sp³-hybridized carbons (Fsp3) is 0.538. The van der Waals surface area contributed by atoms with Gasteiger partial charge in [-0.2, -0.15) is 0 Å². The number of nitrogens with one attached hydrogen (secondary N) is 1. The number of rotatable bonds is 5. The number of methoxy groups -OCH3 is 1. The second-order valence-corrected chi connectivity index (χ2v) is 4.67. The molecule has 0 saturated carbocycles. The highest BCUT2D eigenvalue weighted by atomic mass is 35.5. The molecule has 7 nitrogen and oxygen atoms in total. The van der Waals surface area contributed by atoms with Crippen molar-refractivity contribution in [1.29, 1.82) is 0 Å². The summed E-state index contributed by atoms with van der Waals surface area (Å²) in [5.74, 6) is 0.232. The molecule has 0 bridgehead atoms. The molecule has 21 heavy (non-hydrogen) atoms. The number of nitrogens with zero attached hydrogens (tertiary/aromatic N) is 2. The van der Waals surface area contributed by atoms with Gasteiger partial charge in [0, 0.05) is 32.2 Å². The van der Waals surface area contributed by atoms with Gasteiger partial charge in [0.25, 0.3) is 0 Å². The highest BCUT2D eigenvalue weighted by molar-refractivity contribution is 5.85. The van der Waals surface area contributed by atoms with Crippen LogP contribution in [0.5, 0.6) is 5.75 Å². The number of nitro groups is 1. The second kappa shape index (κ2) is 8.14. The van der Waals surface area contributed by atoms with Gasteiger partial charge in [-0.3, -0.25) is 15.0 Å². The number of aliphatic hydroxyl groups is 1. The summed E-state index contributed by atoms with van der Waals surface area (Å²) >= 11 is 0. The van der Waals surface area contributed by atoms with Gasteiger partial charge in [0.1, 0.15) is 0 Å². The Morgan fingerprint density at radius 1 is 1.48 bits per heavy atom. The van der Waals surface area contributed by atoms with Crippen molar-refractivity contribution in [3.63, 3.8) is 0 Å². The zero-order chi connectivity index (χ0) is 14.5. The van der Waals surface area contributed by atoms with Gasteiger partial charge >= 0.3 is 5.69 Å². The summed E-state index contributed by atoms with van der Waals surface area (Å²) in [6.07, 6.45) is 0. The molecular weight excluding hydrogens is 298 g/mol. The van der Waals surface area contributed by atoms with Crippen LogP contribution in [0.3, 0.4) is 0 Å². The van der Waals surface area contributed by atoms with Gasteiger partial charge in [0.05, 0.1) is 24.7 Å². The van der Waals surface area contributed by atoms with Gasteiger partial charge in [0.2, 0.25) is 0 Å². The monoisotopic (exact) mass is 317 g/mol. The van der Waals surface area contributed by atoms with E-state index in [0.717, 1.165) is 31.7 Å². The first-order valence-corrected chi connectivity index (χ1v) is 6.55. The molecule has 0 amide bonds. The Kier molecular flexibility index (Phi) is 6.83. The average Bonchev–Trinajstić information content (AvgIpc) is 2.49. The molecule has 1 aromatic carbocycles. The van der Waals surface area contributed by atoms with Crippen LogP contribution in [0.25, 0.3) is 0 Å². The fourth-order valence-corrected chi connectivity index (χ4v) is 2.48. The highest BCUT2D eigenvalue weighted by Crippen LogP contribution is 2.31. The molecule has 2 rings (SSSR count). The van der Waals surface area contributed by atoms with Gasteiger partial charge in [-0.1, -0.05) is 6.07 Å². The van der Waals surface area contributed by atoms with Crippen LogP contribution in [0, 0.1) is 10.1 Å². The molecule has 0 unspecified atom stereocenters. The minimum atomic E-state index is -0.464. The first kappa shape index (κ1) is 17.6. The standard InChI is InChI=1S/C13H19N3O4.ClH/c1-20-13-3-2-10(8-11(13)16(18)19)12(9-17)15-6-4-14-5-7-15;/h2-3,8,12,14,17H,4-7,9H2,1H3;1H/t12-;/m1./s1. The topological polar surface area (TPSA) is 87.9 Å². The molecule has 0 radical (unpaired) electrons. The van der Waals surface area contributed by atoms with Crippen molar-refractivity contribution in [2.75, 3.05) is 39.9 Å².